The molecule has 1 heterocycles. The average Bonchev–Trinajstić information content (AvgIpc) is 2.73. The third-order valence-corrected chi connectivity index (χ3v) is 4.15. The highest BCUT2D eigenvalue weighted by molar-refractivity contribution is 6.11. The van der Waals surface area contributed by atoms with Gasteiger partial charge in [0.2, 0.25) is 5.75 Å². The van der Waals surface area contributed by atoms with Gasteiger partial charge in [0.25, 0.3) is 0 Å². The van der Waals surface area contributed by atoms with Crippen molar-refractivity contribution in [2.45, 2.75) is 0 Å². The Kier molecular flexibility index (Phi) is 5.64. The van der Waals surface area contributed by atoms with Gasteiger partial charge >= 0.3 is 5.63 Å². The number of allylic oxidation sites excluding steroid dienone is 1. The Bertz CT molecular complexity index is 1090. The van der Waals surface area contributed by atoms with Gasteiger partial charge in [-0.25, -0.2) is 4.79 Å². The fourth-order valence-electron chi connectivity index (χ4n) is 2.79. The molecule has 0 aliphatic heterocycles. The number of hydrogen-bond donors (Lipinski definition) is 1. The van der Waals surface area contributed by atoms with Crippen LogP contribution in [0.2, 0.25) is 0 Å². The van der Waals surface area contributed by atoms with Crippen LogP contribution < -0.4 is 19.8 Å². The summed E-state index contributed by atoms with van der Waals surface area (Å²) < 4.78 is 21.2. The zero-order chi connectivity index (χ0) is 20.1. The first kappa shape index (κ1) is 19.0. The van der Waals surface area contributed by atoms with Crippen molar-refractivity contribution < 1.29 is 23.8 Å². The summed E-state index contributed by atoms with van der Waals surface area (Å²) in [6.45, 7) is 0. The summed E-state index contributed by atoms with van der Waals surface area (Å²) in [4.78, 5) is 12.3. The van der Waals surface area contributed by atoms with Gasteiger partial charge in [0.1, 0.15) is 11.3 Å². The molecule has 7 heteroatoms. The molecular formula is C21H19NO6. The summed E-state index contributed by atoms with van der Waals surface area (Å²) in [5.41, 5.74) is 0.766. The Morgan fingerprint density at radius 3 is 2.32 bits per heavy atom. The number of para-hydroxylation sites is 1. The molecule has 0 fully saturated rings. The van der Waals surface area contributed by atoms with Gasteiger partial charge in [-0.3, -0.25) is 0 Å². The quantitative estimate of drug-likeness (QED) is 0.303. The molecule has 0 saturated heterocycles. The second kappa shape index (κ2) is 8.30. The molecule has 0 aliphatic carbocycles. The Morgan fingerprint density at radius 1 is 1.04 bits per heavy atom. The lowest BCUT2D eigenvalue weighted by atomic mass is 10.1. The maximum absolute atomic E-state index is 12.3. The molecule has 0 aliphatic rings. The van der Waals surface area contributed by atoms with Gasteiger partial charge in [0.05, 0.1) is 26.9 Å². The van der Waals surface area contributed by atoms with Crippen LogP contribution in [0, 0.1) is 0 Å². The molecule has 1 aromatic heterocycles. The first-order valence-electron chi connectivity index (χ1n) is 8.34. The SMILES string of the molecule is COc1cc(/C=C/C(=N\O)c2cc3ccccc3oc2=O)cc(OC)c1OC. The highest BCUT2D eigenvalue weighted by Gasteiger charge is 2.13. The lowest BCUT2D eigenvalue weighted by Crippen LogP contribution is -2.13. The maximum Gasteiger partial charge on any atom is 0.345 e. The first-order chi connectivity index (χ1) is 13.6. The number of benzene rings is 2. The van der Waals surface area contributed by atoms with E-state index in [4.69, 9.17) is 18.6 Å². The van der Waals surface area contributed by atoms with Crippen molar-refractivity contribution in [3.05, 3.63) is 70.1 Å². The van der Waals surface area contributed by atoms with Gasteiger partial charge < -0.3 is 23.8 Å². The highest BCUT2D eigenvalue weighted by Crippen LogP contribution is 2.38. The first-order valence-corrected chi connectivity index (χ1v) is 8.34. The monoisotopic (exact) mass is 381 g/mol. The molecule has 3 rings (SSSR count). The van der Waals surface area contributed by atoms with Crippen LogP contribution in [0.1, 0.15) is 11.1 Å². The Labute approximate surface area is 161 Å². The number of hydrogen-bond acceptors (Lipinski definition) is 7. The second-order valence-corrected chi connectivity index (χ2v) is 5.76. The zero-order valence-corrected chi connectivity index (χ0v) is 15.6. The van der Waals surface area contributed by atoms with Gasteiger partial charge in [-0.05, 0) is 35.9 Å². The number of methoxy groups -OCH3 is 3. The van der Waals surface area contributed by atoms with E-state index >= 15 is 0 Å². The molecule has 7 nitrogen and oxygen atoms in total. The molecule has 0 saturated carbocycles. The number of oxime groups is 1. The smallest absolute Gasteiger partial charge is 0.345 e. The highest BCUT2D eigenvalue weighted by atomic mass is 16.5. The molecule has 0 radical (unpaired) electrons. The third kappa shape index (κ3) is 3.68. The van der Waals surface area contributed by atoms with Crippen LogP contribution in [0.5, 0.6) is 17.2 Å². The van der Waals surface area contributed by atoms with Crippen LogP contribution in [0.4, 0.5) is 0 Å². The Balaban J connectivity index is 2.01. The van der Waals surface area contributed by atoms with E-state index in [-0.39, 0.29) is 11.3 Å². The van der Waals surface area contributed by atoms with E-state index in [1.165, 1.54) is 27.4 Å². The zero-order valence-electron chi connectivity index (χ0n) is 15.6. The van der Waals surface area contributed by atoms with Crippen LogP contribution in [0.15, 0.2) is 62.9 Å². The van der Waals surface area contributed by atoms with Crippen molar-refractivity contribution in [2.75, 3.05) is 21.3 Å². The van der Waals surface area contributed by atoms with E-state index in [9.17, 15) is 10.0 Å². The Morgan fingerprint density at radius 2 is 1.71 bits per heavy atom. The van der Waals surface area contributed by atoms with Crippen molar-refractivity contribution in [3.8, 4) is 17.2 Å². The number of ether oxygens (including phenoxy) is 3. The van der Waals surface area contributed by atoms with Crippen molar-refractivity contribution in [2.24, 2.45) is 5.16 Å². The summed E-state index contributed by atoms with van der Waals surface area (Å²) in [7, 11) is 4.56. The summed E-state index contributed by atoms with van der Waals surface area (Å²) >= 11 is 0. The molecule has 0 spiro atoms. The van der Waals surface area contributed by atoms with E-state index in [0.717, 1.165) is 5.39 Å². The predicted molar refractivity (Wildman–Crippen MR) is 106 cm³/mol. The summed E-state index contributed by atoms with van der Waals surface area (Å²) in [6, 6.07) is 12.2. The number of fused-ring (bicyclic) bond motifs is 1. The topological polar surface area (TPSA) is 90.5 Å². The predicted octanol–water partition coefficient (Wildman–Crippen LogP) is 3.71. The van der Waals surface area contributed by atoms with Gasteiger partial charge in [-0.15, -0.1) is 0 Å². The molecule has 0 unspecified atom stereocenters. The van der Waals surface area contributed by atoms with E-state index in [1.807, 2.05) is 6.07 Å². The summed E-state index contributed by atoms with van der Waals surface area (Å²) in [5.74, 6) is 1.43. The van der Waals surface area contributed by atoms with Crippen LogP contribution in [-0.4, -0.2) is 32.2 Å². The van der Waals surface area contributed by atoms with Crippen LogP contribution >= 0.6 is 0 Å². The fraction of sp³-hybridized carbons (Fsp3) is 0.143. The van der Waals surface area contributed by atoms with E-state index in [2.05, 4.69) is 5.16 Å². The third-order valence-electron chi connectivity index (χ3n) is 4.15. The summed E-state index contributed by atoms with van der Waals surface area (Å²) in [6.07, 6.45) is 3.16. The van der Waals surface area contributed by atoms with E-state index < -0.39 is 5.63 Å². The van der Waals surface area contributed by atoms with Crippen LogP contribution in [-0.2, 0) is 0 Å². The standard InChI is InChI=1S/C21H19NO6/c1-25-18-10-13(11-19(26-2)20(18)27-3)8-9-16(22-24)15-12-14-6-4-5-7-17(14)28-21(15)23/h4-12,24H,1-3H3/b9-8+,22-16+. The lowest BCUT2D eigenvalue weighted by molar-refractivity contribution is 0.319. The van der Waals surface area contributed by atoms with E-state index in [0.29, 0.717) is 28.4 Å². The molecular weight excluding hydrogens is 362 g/mol. The number of rotatable bonds is 6. The van der Waals surface area contributed by atoms with Crippen LogP contribution in [0.25, 0.3) is 17.0 Å². The Hall–Kier alpha value is -3.74. The molecule has 2 aromatic carbocycles. The number of nitrogens with zero attached hydrogens (tertiary/aromatic N) is 1. The van der Waals surface area contributed by atoms with Crippen LogP contribution in [0.3, 0.4) is 0 Å². The van der Waals surface area contributed by atoms with Gasteiger partial charge in [-0.1, -0.05) is 29.4 Å². The van der Waals surface area contributed by atoms with E-state index in [1.54, 1.807) is 42.5 Å². The average molecular weight is 381 g/mol. The van der Waals surface area contributed by atoms with Crippen molar-refractivity contribution in [3.63, 3.8) is 0 Å². The van der Waals surface area contributed by atoms with Crippen molar-refractivity contribution in [1.82, 2.24) is 0 Å². The molecule has 3 aromatic rings. The molecule has 0 bridgehead atoms. The van der Waals surface area contributed by atoms with Crippen molar-refractivity contribution >= 4 is 22.8 Å². The minimum absolute atomic E-state index is 0.0632. The fourth-order valence-corrected chi connectivity index (χ4v) is 2.79. The largest absolute Gasteiger partial charge is 0.493 e. The minimum Gasteiger partial charge on any atom is -0.493 e. The maximum atomic E-state index is 12.3. The van der Waals surface area contributed by atoms with Gasteiger partial charge in [-0.2, -0.15) is 0 Å². The molecule has 144 valence electrons. The molecule has 0 amide bonds. The van der Waals surface area contributed by atoms with Crippen molar-refractivity contribution in [1.29, 1.82) is 0 Å². The lowest BCUT2D eigenvalue weighted by Gasteiger charge is -2.12. The molecule has 0 atom stereocenters. The molecule has 28 heavy (non-hydrogen) atoms. The summed E-state index contributed by atoms with van der Waals surface area (Å²) in [5, 5.41) is 13.4. The normalized spacial score (nSPS) is 11.8. The van der Waals surface area contributed by atoms with Gasteiger partial charge in [0.15, 0.2) is 11.5 Å². The minimum atomic E-state index is -0.596. The van der Waals surface area contributed by atoms with Gasteiger partial charge in [0, 0.05) is 5.39 Å². The second-order valence-electron chi connectivity index (χ2n) is 5.76. The molecule has 1 N–H and O–H groups in total.